The molecule has 0 saturated carbocycles. The zero-order chi connectivity index (χ0) is 21.1. The third-order valence-corrected chi connectivity index (χ3v) is 5.18. The lowest BCUT2D eigenvalue weighted by molar-refractivity contribution is -0.0180. The summed E-state index contributed by atoms with van der Waals surface area (Å²) >= 11 is 0. The maximum absolute atomic E-state index is 10.8. The average Bonchev–Trinajstić information content (AvgIpc) is 3.24. The molecule has 0 aliphatic carbocycles. The van der Waals surface area contributed by atoms with Crippen molar-refractivity contribution in [1.82, 2.24) is 20.4 Å². The van der Waals surface area contributed by atoms with E-state index in [2.05, 4.69) is 39.3 Å². The standard InChI is InChI=1S/C21H39N5O3.HI/c1-5-22-20(24-16-21(4,27)17-25-10-13-28-14-11-25)23-15-18(26(6-2)7-3)19-9-8-12-29-19;/h8-9,12,18,27H,5-7,10-11,13-17H2,1-4H3,(H2,22,23,24);1H. The van der Waals surface area contributed by atoms with Crippen molar-refractivity contribution in [3.05, 3.63) is 24.2 Å². The van der Waals surface area contributed by atoms with Crippen molar-refractivity contribution in [2.75, 3.05) is 65.6 Å². The van der Waals surface area contributed by atoms with Gasteiger partial charge in [-0.15, -0.1) is 24.0 Å². The number of halogens is 1. The number of nitrogens with zero attached hydrogens (tertiary/aromatic N) is 3. The SMILES string of the molecule is CCNC(=NCC(C)(O)CN1CCOCC1)NCC(c1ccco1)N(CC)CC.I. The lowest BCUT2D eigenvalue weighted by Crippen LogP contribution is -2.48. The number of rotatable bonds is 11. The summed E-state index contributed by atoms with van der Waals surface area (Å²) in [5.41, 5.74) is -0.890. The third kappa shape index (κ3) is 9.09. The Bertz CT molecular complexity index is 587. The van der Waals surface area contributed by atoms with Crippen molar-refractivity contribution in [1.29, 1.82) is 0 Å². The average molecular weight is 537 g/mol. The van der Waals surface area contributed by atoms with Crippen LogP contribution in [0.1, 0.15) is 39.5 Å². The van der Waals surface area contributed by atoms with Gasteiger partial charge in [-0.2, -0.15) is 0 Å². The number of aliphatic hydroxyl groups is 1. The van der Waals surface area contributed by atoms with Gasteiger partial charge in [-0.1, -0.05) is 13.8 Å². The van der Waals surface area contributed by atoms with E-state index < -0.39 is 5.60 Å². The van der Waals surface area contributed by atoms with Gasteiger partial charge in [0.25, 0.3) is 0 Å². The minimum absolute atomic E-state index is 0. The first-order chi connectivity index (χ1) is 14.0. The molecule has 1 fully saturated rings. The van der Waals surface area contributed by atoms with Gasteiger partial charge in [0.1, 0.15) is 5.76 Å². The van der Waals surface area contributed by atoms with Crippen LogP contribution in [0.15, 0.2) is 27.8 Å². The van der Waals surface area contributed by atoms with Crippen LogP contribution in [-0.4, -0.2) is 92.0 Å². The molecule has 0 spiro atoms. The predicted octanol–water partition coefficient (Wildman–Crippen LogP) is 1.92. The number of nitrogens with one attached hydrogen (secondary N) is 2. The second-order valence-corrected chi connectivity index (χ2v) is 7.71. The van der Waals surface area contributed by atoms with E-state index in [1.165, 1.54) is 0 Å². The van der Waals surface area contributed by atoms with E-state index >= 15 is 0 Å². The number of aliphatic imine (C=N–C) groups is 1. The van der Waals surface area contributed by atoms with Gasteiger partial charge in [0.2, 0.25) is 0 Å². The summed E-state index contributed by atoms with van der Waals surface area (Å²) in [6.45, 7) is 15.6. The van der Waals surface area contributed by atoms with Crippen molar-refractivity contribution in [2.24, 2.45) is 4.99 Å². The van der Waals surface area contributed by atoms with Crippen molar-refractivity contribution >= 4 is 29.9 Å². The Morgan fingerprint density at radius 3 is 2.53 bits per heavy atom. The Hall–Kier alpha value is -0.880. The lowest BCUT2D eigenvalue weighted by atomic mass is 10.1. The molecule has 174 valence electrons. The third-order valence-electron chi connectivity index (χ3n) is 5.18. The highest BCUT2D eigenvalue weighted by molar-refractivity contribution is 14.0. The molecule has 2 rings (SSSR count). The molecule has 9 heteroatoms. The van der Waals surface area contributed by atoms with Gasteiger partial charge in [0.05, 0.1) is 37.7 Å². The summed E-state index contributed by atoms with van der Waals surface area (Å²) in [6.07, 6.45) is 1.72. The van der Waals surface area contributed by atoms with Crippen LogP contribution in [0.3, 0.4) is 0 Å². The molecular weight excluding hydrogens is 497 g/mol. The van der Waals surface area contributed by atoms with Gasteiger partial charge in [0, 0.05) is 32.7 Å². The van der Waals surface area contributed by atoms with E-state index in [-0.39, 0.29) is 30.0 Å². The van der Waals surface area contributed by atoms with E-state index in [4.69, 9.17) is 9.15 Å². The van der Waals surface area contributed by atoms with Crippen LogP contribution in [0.25, 0.3) is 0 Å². The maximum Gasteiger partial charge on any atom is 0.191 e. The monoisotopic (exact) mass is 537 g/mol. The highest BCUT2D eigenvalue weighted by atomic mass is 127. The van der Waals surface area contributed by atoms with Gasteiger partial charge in [-0.05, 0) is 39.1 Å². The first kappa shape index (κ1) is 27.2. The number of hydrogen-bond acceptors (Lipinski definition) is 6. The summed E-state index contributed by atoms with van der Waals surface area (Å²) < 4.78 is 11.1. The van der Waals surface area contributed by atoms with Gasteiger partial charge in [-0.25, -0.2) is 0 Å². The zero-order valence-corrected chi connectivity index (χ0v) is 21.2. The largest absolute Gasteiger partial charge is 0.468 e. The number of hydrogen-bond donors (Lipinski definition) is 3. The zero-order valence-electron chi connectivity index (χ0n) is 18.9. The molecule has 0 bridgehead atoms. The van der Waals surface area contributed by atoms with Crippen molar-refractivity contribution in [2.45, 2.75) is 39.3 Å². The van der Waals surface area contributed by atoms with Crippen molar-refractivity contribution in [3.8, 4) is 0 Å². The molecule has 0 radical (unpaired) electrons. The molecule has 1 saturated heterocycles. The van der Waals surface area contributed by atoms with E-state index in [1.54, 1.807) is 6.26 Å². The molecule has 1 aromatic rings. The van der Waals surface area contributed by atoms with Crippen molar-refractivity contribution < 1.29 is 14.3 Å². The molecule has 2 atom stereocenters. The Morgan fingerprint density at radius 1 is 1.27 bits per heavy atom. The summed E-state index contributed by atoms with van der Waals surface area (Å²) in [5.74, 6) is 1.65. The van der Waals surface area contributed by atoms with E-state index in [0.29, 0.717) is 25.6 Å². The number of likely N-dealkylation sites (N-methyl/N-ethyl adjacent to an activating group) is 1. The molecule has 3 N–H and O–H groups in total. The number of furan rings is 1. The molecule has 0 aromatic carbocycles. The van der Waals surface area contributed by atoms with Gasteiger partial charge in [-0.3, -0.25) is 14.8 Å². The topological polar surface area (TPSA) is 85.5 Å². The van der Waals surface area contributed by atoms with Gasteiger partial charge >= 0.3 is 0 Å². The number of ether oxygens (including phenoxy) is 1. The molecule has 2 unspecified atom stereocenters. The maximum atomic E-state index is 10.8. The fraction of sp³-hybridized carbons (Fsp3) is 0.762. The second kappa shape index (κ2) is 14.2. The number of morpholine rings is 1. The first-order valence-corrected chi connectivity index (χ1v) is 10.8. The quantitative estimate of drug-likeness (QED) is 0.226. The van der Waals surface area contributed by atoms with Gasteiger partial charge in [0.15, 0.2) is 5.96 Å². The molecule has 1 aromatic heterocycles. The Kier molecular flexibility index (Phi) is 12.9. The summed E-state index contributed by atoms with van der Waals surface area (Å²) in [5, 5.41) is 17.5. The van der Waals surface area contributed by atoms with Crippen LogP contribution in [0, 0.1) is 0 Å². The lowest BCUT2D eigenvalue weighted by Gasteiger charge is -2.33. The molecule has 0 amide bonds. The molecule has 1 aliphatic rings. The van der Waals surface area contributed by atoms with E-state index in [0.717, 1.165) is 51.7 Å². The molecule has 8 nitrogen and oxygen atoms in total. The Labute approximate surface area is 198 Å². The second-order valence-electron chi connectivity index (χ2n) is 7.71. The Morgan fingerprint density at radius 2 is 1.97 bits per heavy atom. The Balaban J connectivity index is 0.00000450. The minimum atomic E-state index is -0.890. The fourth-order valence-corrected chi connectivity index (χ4v) is 3.63. The number of β-amino-alcohol motifs (C(OH)–C–C–N with tert-alkyl or cyclic N) is 1. The minimum Gasteiger partial charge on any atom is -0.468 e. The molecular formula is C21H40IN5O3. The highest BCUT2D eigenvalue weighted by Gasteiger charge is 2.26. The summed E-state index contributed by atoms with van der Waals surface area (Å²) in [6, 6.07) is 4.06. The number of guanidine groups is 1. The fourth-order valence-electron chi connectivity index (χ4n) is 3.63. The van der Waals surface area contributed by atoms with E-state index in [9.17, 15) is 5.11 Å². The highest BCUT2D eigenvalue weighted by Crippen LogP contribution is 2.20. The van der Waals surface area contributed by atoms with Gasteiger partial charge < -0.3 is 24.9 Å². The normalized spacial score (nSPS) is 18.5. The summed E-state index contributed by atoms with van der Waals surface area (Å²) in [7, 11) is 0. The van der Waals surface area contributed by atoms with Crippen LogP contribution >= 0.6 is 24.0 Å². The molecule has 2 heterocycles. The smallest absolute Gasteiger partial charge is 0.191 e. The summed E-state index contributed by atoms with van der Waals surface area (Å²) in [4.78, 5) is 9.23. The van der Waals surface area contributed by atoms with Crippen LogP contribution < -0.4 is 10.6 Å². The first-order valence-electron chi connectivity index (χ1n) is 10.8. The van der Waals surface area contributed by atoms with Crippen LogP contribution in [-0.2, 0) is 4.74 Å². The molecule has 30 heavy (non-hydrogen) atoms. The van der Waals surface area contributed by atoms with E-state index in [1.807, 2.05) is 26.0 Å². The van der Waals surface area contributed by atoms with Crippen LogP contribution in [0.4, 0.5) is 0 Å². The predicted molar refractivity (Wildman–Crippen MR) is 132 cm³/mol. The van der Waals surface area contributed by atoms with Crippen molar-refractivity contribution in [3.63, 3.8) is 0 Å². The molecule has 1 aliphatic heterocycles. The van der Waals surface area contributed by atoms with Crippen LogP contribution in [0.5, 0.6) is 0 Å². The van der Waals surface area contributed by atoms with Crippen LogP contribution in [0.2, 0.25) is 0 Å².